The first-order valence-electron chi connectivity index (χ1n) is 6.56. The zero-order valence-corrected chi connectivity index (χ0v) is 13.3. The summed E-state index contributed by atoms with van der Waals surface area (Å²) < 4.78 is 0. The van der Waals surface area contributed by atoms with E-state index < -0.39 is 0 Å². The van der Waals surface area contributed by atoms with E-state index >= 15 is 0 Å². The Labute approximate surface area is 137 Å². The first-order chi connectivity index (χ1) is 10.6. The third-order valence-electron chi connectivity index (χ3n) is 3.01. The van der Waals surface area contributed by atoms with Gasteiger partial charge >= 0.3 is 0 Å². The summed E-state index contributed by atoms with van der Waals surface area (Å²) in [5.41, 5.74) is 0.885. The Hall–Kier alpha value is -2.11. The molecule has 0 spiro atoms. The lowest BCUT2D eigenvalue weighted by Crippen LogP contribution is -2.23. The van der Waals surface area contributed by atoms with Crippen LogP contribution in [0.4, 0.5) is 5.82 Å². The van der Waals surface area contributed by atoms with E-state index in [0.717, 1.165) is 5.56 Å². The summed E-state index contributed by atoms with van der Waals surface area (Å²) in [6, 6.07) is 12.8. The second-order valence-corrected chi connectivity index (χ2v) is 6.06. The normalized spacial score (nSPS) is 18.5. The summed E-state index contributed by atoms with van der Waals surface area (Å²) in [5.74, 6) is 0.494. The van der Waals surface area contributed by atoms with Crippen LogP contribution >= 0.6 is 23.4 Å². The largest absolute Gasteiger partial charge is 0.289 e. The Balaban J connectivity index is 1.90. The van der Waals surface area contributed by atoms with Crippen molar-refractivity contribution in [1.29, 1.82) is 0 Å². The van der Waals surface area contributed by atoms with Crippen molar-refractivity contribution in [3.05, 3.63) is 64.2 Å². The van der Waals surface area contributed by atoms with Crippen molar-refractivity contribution < 1.29 is 4.79 Å². The number of aromatic nitrogens is 1. The number of likely N-dealkylation sites (N-methyl/N-ethyl adjacent to an activating group) is 1. The van der Waals surface area contributed by atoms with Crippen LogP contribution in [-0.2, 0) is 4.79 Å². The molecule has 22 heavy (non-hydrogen) atoms. The van der Waals surface area contributed by atoms with Gasteiger partial charge in [0.1, 0.15) is 0 Å². The van der Waals surface area contributed by atoms with Gasteiger partial charge < -0.3 is 0 Å². The fourth-order valence-electron chi connectivity index (χ4n) is 1.92. The Kier molecular flexibility index (Phi) is 4.27. The molecule has 1 aliphatic rings. The number of rotatable bonds is 2. The smallest absolute Gasteiger partial charge is 0.266 e. The highest BCUT2D eigenvalue weighted by molar-refractivity contribution is 8.18. The van der Waals surface area contributed by atoms with E-state index in [9.17, 15) is 4.79 Å². The molecule has 1 aliphatic heterocycles. The molecule has 0 bridgehead atoms. The summed E-state index contributed by atoms with van der Waals surface area (Å²) in [7, 11) is 1.70. The molecule has 0 atom stereocenters. The van der Waals surface area contributed by atoms with Gasteiger partial charge in [0.2, 0.25) is 0 Å². The van der Waals surface area contributed by atoms with Gasteiger partial charge in [0.05, 0.1) is 4.91 Å². The quantitative estimate of drug-likeness (QED) is 0.783. The molecule has 1 saturated heterocycles. The number of amides is 1. The van der Waals surface area contributed by atoms with Crippen molar-refractivity contribution in [1.82, 2.24) is 9.88 Å². The standard InChI is InChI=1S/C16H12ClN3OS/c1-20-15(21)13(10-11-5-4-6-12(17)9-11)22-16(20)19-14-7-2-3-8-18-14/h2-10H,1H3/b13-10-,19-16+. The number of halogens is 1. The van der Waals surface area contributed by atoms with Gasteiger partial charge in [-0.25, -0.2) is 9.98 Å². The lowest BCUT2D eigenvalue weighted by Gasteiger charge is -2.06. The molecule has 4 nitrogen and oxygen atoms in total. The Bertz CT molecular complexity index is 774. The second kappa shape index (κ2) is 6.34. The lowest BCUT2D eigenvalue weighted by atomic mass is 10.2. The number of carbonyl (C=O) groups excluding carboxylic acids is 1. The minimum Gasteiger partial charge on any atom is -0.289 e. The third kappa shape index (κ3) is 3.21. The van der Waals surface area contributed by atoms with E-state index in [1.165, 1.54) is 16.7 Å². The second-order valence-electron chi connectivity index (χ2n) is 4.61. The average Bonchev–Trinajstić information content (AvgIpc) is 2.77. The SMILES string of the molecule is CN1C(=O)/C(=C/c2cccc(Cl)c2)S/C1=N/c1ccccn1. The van der Waals surface area contributed by atoms with Crippen LogP contribution in [0.5, 0.6) is 0 Å². The molecule has 6 heteroatoms. The van der Waals surface area contributed by atoms with Gasteiger partial charge in [-0.1, -0.05) is 29.8 Å². The number of amidine groups is 1. The minimum absolute atomic E-state index is 0.0837. The van der Waals surface area contributed by atoms with Crippen molar-refractivity contribution in [3.63, 3.8) is 0 Å². The summed E-state index contributed by atoms with van der Waals surface area (Å²) in [6.45, 7) is 0. The van der Waals surface area contributed by atoms with Crippen LogP contribution < -0.4 is 0 Å². The number of thioether (sulfide) groups is 1. The number of carbonyl (C=O) groups is 1. The lowest BCUT2D eigenvalue weighted by molar-refractivity contribution is -0.121. The molecule has 0 N–H and O–H groups in total. The van der Waals surface area contributed by atoms with Crippen molar-refractivity contribution in [2.24, 2.45) is 4.99 Å². The first-order valence-corrected chi connectivity index (χ1v) is 7.76. The first kappa shape index (κ1) is 14.8. The maximum atomic E-state index is 12.3. The Morgan fingerprint density at radius 1 is 1.27 bits per heavy atom. The average molecular weight is 330 g/mol. The number of pyridine rings is 1. The van der Waals surface area contributed by atoms with Gasteiger partial charge in [0.25, 0.3) is 5.91 Å². The van der Waals surface area contributed by atoms with Crippen molar-refractivity contribution >= 4 is 46.3 Å². The van der Waals surface area contributed by atoms with Gasteiger partial charge in [0, 0.05) is 18.3 Å². The molecule has 0 unspecified atom stereocenters. The van der Waals surface area contributed by atoms with Crippen molar-refractivity contribution in [3.8, 4) is 0 Å². The fourth-order valence-corrected chi connectivity index (χ4v) is 3.09. The zero-order chi connectivity index (χ0) is 15.5. The van der Waals surface area contributed by atoms with Crippen molar-refractivity contribution in [2.75, 3.05) is 7.05 Å². The maximum Gasteiger partial charge on any atom is 0.266 e. The molecule has 0 saturated carbocycles. The van der Waals surface area contributed by atoms with Crippen LogP contribution in [0.3, 0.4) is 0 Å². The van der Waals surface area contributed by atoms with Gasteiger partial charge in [-0.2, -0.15) is 0 Å². The van der Waals surface area contributed by atoms with Gasteiger partial charge in [0.15, 0.2) is 11.0 Å². The molecule has 1 aromatic carbocycles. The van der Waals surface area contributed by atoms with E-state index in [1.54, 1.807) is 25.4 Å². The highest BCUT2D eigenvalue weighted by atomic mass is 35.5. The fraction of sp³-hybridized carbons (Fsp3) is 0.0625. The molecule has 2 heterocycles. The Morgan fingerprint density at radius 3 is 2.86 bits per heavy atom. The monoisotopic (exact) mass is 329 g/mol. The van der Waals surface area contributed by atoms with E-state index in [0.29, 0.717) is 20.9 Å². The van der Waals surface area contributed by atoms with Crippen LogP contribution in [0.1, 0.15) is 5.56 Å². The van der Waals surface area contributed by atoms with E-state index in [4.69, 9.17) is 11.6 Å². The molecule has 2 aromatic rings. The zero-order valence-electron chi connectivity index (χ0n) is 11.7. The molecular formula is C16H12ClN3OS. The number of nitrogens with zero attached hydrogens (tertiary/aromatic N) is 3. The van der Waals surface area contributed by atoms with Crippen LogP contribution in [0.15, 0.2) is 58.6 Å². The van der Waals surface area contributed by atoms with E-state index in [2.05, 4.69) is 9.98 Å². The molecular weight excluding hydrogens is 318 g/mol. The number of hydrogen-bond donors (Lipinski definition) is 0. The van der Waals surface area contributed by atoms with E-state index in [-0.39, 0.29) is 5.91 Å². The van der Waals surface area contributed by atoms with Gasteiger partial charge in [-0.15, -0.1) is 0 Å². The van der Waals surface area contributed by atoms with Crippen LogP contribution in [0.2, 0.25) is 5.02 Å². The molecule has 1 fully saturated rings. The van der Waals surface area contributed by atoms with Crippen LogP contribution in [0, 0.1) is 0 Å². The topological polar surface area (TPSA) is 45.6 Å². The summed E-state index contributed by atoms with van der Waals surface area (Å²) in [6.07, 6.45) is 3.49. The van der Waals surface area contributed by atoms with Gasteiger partial charge in [-0.05, 0) is 47.7 Å². The number of benzene rings is 1. The minimum atomic E-state index is -0.0837. The summed E-state index contributed by atoms with van der Waals surface area (Å²) in [5, 5.41) is 1.25. The molecule has 110 valence electrons. The summed E-state index contributed by atoms with van der Waals surface area (Å²) in [4.78, 5) is 23.0. The summed E-state index contributed by atoms with van der Waals surface area (Å²) >= 11 is 7.29. The third-order valence-corrected chi connectivity index (χ3v) is 4.30. The highest BCUT2D eigenvalue weighted by Crippen LogP contribution is 2.32. The van der Waals surface area contributed by atoms with Crippen LogP contribution in [-0.4, -0.2) is 28.0 Å². The molecule has 0 radical (unpaired) electrons. The molecule has 3 rings (SSSR count). The molecule has 0 aliphatic carbocycles. The molecule has 1 aromatic heterocycles. The maximum absolute atomic E-state index is 12.3. The van der Waals surface area contributed by atoms with Crippen molar-refractivity contribution in [2.45, 2.75) is 0 Å². The predicted octanol–water partition coefficient (Wildman–Crippen LogP) is 3.97. The highest BCUT2D eigenvalue weighted by Gasteiger charge is 2.30. The van der Waals surface area contributed by atoms with Crippen LogP contribution in [0.25, 0.3) is 6.08 Å². The van der Waals surface area contributed by atoms with Gasteiger partial charge in [-0.3, -0.25) is 9.69 Å². The molecule has 1 amide bonds. The Morgan fingerprint density at radius 2 is 2.14 bits per heavy atom. The van der Waals surface area contributed by atoms with E-state index in [1.807, 2.05) is 36.4 Å². The number of hydrogen-bond acceptors (Lipinski definition) is 4. The predicted molar refractivity (Wildman–Crippen MR) is 91.1 cm³/mol. The number of aliphatic imine (C=N–C) groups is 1.